The highest BCUT2D eigenvalue weighted by atomic mass is 16.5. The number of hydrogen-bond donors (Lipinski definition) is 2. The predicted octanol–water partition coefficient (Wildman–Crippen LogP) is 1.29. The molecule has 1 saturated heterocycles. The van der Waals surface area contributed by atoms with Crippen molar-refractivity contribution in [1.82, 2.24) is 4.90 Å². The van der Waals surface area contributed by atoms with Crippen LogP contribution in [0.5, 0.6) is 0 Å². The molecule has 0 unspecified atom stereocenters. The van der Waals surface area contributed by atoms with Crippen LogP contribution >= 0.6 is 0 Å². The molecule has 1 atom stereocenters. The summed E-state index contributed by atoms with van der Waals surface area (Å²) in [4.78, 5) is 28.2. The highest BCUT2D eigenvalue weighted by Crippen LogP contribution is 2.20. The van der Waals surface area contributed by atoms with Crippen LogP contribution in [0.25, 0.3) is 0 Å². The molecule has 0 aliphatic carbocycles. The zero-order valence-corrected chi connectivity index (χ0v) is 16.1. The van der Waals surface area contributed by atoms with Gasteiger partial charge in [0.25, 0.3) is 5.91 Å². The summed E-state index contributed by atoms with van der Waals surface area (Å²) in [5.74, 6) is -0.186. The number of hydrogen-bond acceptors (Lipinski definition) is 5. The van der Waals surface area contributed by atoms with E-state index in [9.17, 15) is 9.59 Å². The highest BCUT2D eigenvalue weighted by molar-refractivity contribution is 5.97. The molecule has 3 N–H and O–H groups in total. The third kappa shape index (κ3) is 5.52. The first-order valence-corrected chi connectivity index (χ1v) is 8.90. The summed E-state index contributed by atoms with van der Waals surface area (Å²) in [6.07, 6.45) is 0. The van der Waals surface area contributed by atoms with E-state index in [-0.39, 0.29) is 30.4 Å². The summed E-state index contributed by atoms with van der Waals surface area (Å²) in [5.41, 5.74) is 7.39. The van der Waals surface area contributed by atoms with Gasteiger partial charge in [-0.3, -0.25) is 14.5 Å². The first-order chi connectivity index (χ1) is 12.2. The van der Waals surface area contributed by atoms with E-state index in [1.165, 1.54) is 0 Å². The number of likely N-dealkylation sites (N-methyl/N-ethyl adjacent to an activating group) is 1. The van der Waals surface area contributed by atoms with E-state index in [1.54, 1.807) is 17.0 Å². The number of anilines is 2. The van der Waals surface area contributed by atoms with Crippen LogP contribution in [0.3, 0.4) is 0 Å². The number of nitrogens with one attached hydrogen (secondary N) is 1. The monoisotopic (exact) mass is 362 g/mol. The Hall–Kier alpha value is -1.96. The fraction of sp³-hybridized carbons (Fsp3) is 0.579. The quantitative estimate of drug-likeness (QED) is 0.796. The molecule has 1 fully saturated rings. The number of rotatable bonds is 6. The lowest BCUT2D eigenvalue weighted by Gasteiger charge is -2.32. The van der Waals surface area contributed by atoms with Gasteiger partial charge in [-0.15, -0.1) is 0 Å². The molecule has 26 heavy (non-hydrogen) atoms. The fourth-order valence-electron chi connectivity index (χ4n) is 3.09. The fourth-order valence-corrected chi connectivity index (χ4v) is 3.09. The largest absolute Gasteiger partial charge is 0.370 e. The normalized spacial score (nSPS) is 16.7. The minimum absolute atomic E-state index is 0.0555. The van der Waals surface area contributed by atoms with Crippen LogP contribution < -0.4 is 16.0 Å². The second-order valence-electron chi connectivity index (χ2n) is 7.86. The van der Waals surface area contributed by atoms with Crippen LogP contribution in [0.1, 0.15) is 20.8 Å². The Bertz CT molecular complexity index is 625. The Kier molecular flexibility index (Phi) is 6.75. The van der Waals surface area contributed by atoms with Crippen LogP contribution in [0, 0.1) is 5.41 Å². The van der Waals surface area contributed by atoms with E-state index in [2.05, 4.69) is 26.1 Å². The van der Waals surface area contributed by atoms with Gasteiger partial charge < -0.3 is 20.7 Å². The summed E-state index contributed by atoms with van der Waals surface area (Å²) in [7, 11) is 1.91. The van der Waals surface area contributed by atoms with Gasteiger partial charge in [-0.1, -0.05) is 20.8 Å². The summed E-state index contributed by atoms with van der Waals surface area (Å²) in [6, 6.07) is 6.86. The highest BCUT2D eigenvalue weighted by Gasteiger charge is 2.25. The number of morpholine rings is 1. The van der Waals surface area contributed by atoms with Crippen molar-refractivity contribution in [3.63, 3.8) is 0 Å². The average Bonchev–Trinajstić information content (AvgIpc) is 2.55. The lowest BCUT2D eigenvalue weighted by molar-refractivity contribution is -0.125. The van der Waals surface area contributed by atoms with E-state index in [0.717, 1.165) is 12.2 Å². The van der Waals surface area contributed by atoms with Crippen LogP contribution in [-0.4, -0.2) is 62.7 Å². The van der Waals surface area contributed by atoms with Gasteiger partial charge in [0.15, 0.2) is 0 Å². The van der Waals surface area contributed by atoms with Crippen molar-refractivity contribution in [2.75, 3.05) is 50.1 Å². The topological polar surface area (TPSA) is 87.9 Å². The maximum atomic E-state index is 12.6. The van der Waals surface area contributed by atoms with Gasteiger partial charge in [0, 0.05) is 31.0 Å². The molecule has 2 amide bonds. The Labute approximate surface area is 155 Å². The Balaban J connectivity index is 2.00. The maximum absolute atomic E-state index is 12.6. The molecule has 7 heteroatoms. The van der Waals surface area contributed by atoms with Crippen molar-refractivity contribution in [3.8, 4) is 0 Å². The molecule has 0 bridgehead atoms. The third-order valence-corrected chi connectivity index (χ3v) is 4.21. The predicted molar refractivity (Wildman–Crippen MR) is 103 cm³/mol. The van der Waals surface area contributed by atoms with E-state index in [4.69, 9.17) is 10.5 Å². The molecule has 7 nitrogen and oxygen atoms in total. The third-order valence-electron chi connectivity index (χ3n) is 4.21. The lowest BCUT2D eigenvalue weighted by atomic mass is 9.95. The van der Waals surface area contributed by atoms with Gasteiger partial charge in [0.2, 0.25) is 5.91 Å². The zero-order chi connectivity index (χ0) is 19.3. The van der Waals surface area contributed by atoms with Gasteiger partial charge in [-0.05, 0) is 36.7 Å². The molecule has 2 rings (SSSR count). The molecule has 0 aromatic heterocycles. The maximum Gasteiger partial charge on any atom is 0.253 e. The van der Waals surface area contributed by atoms with E-state index in [0.29, 0.717) is 18.8 Å². The smallest absolute Gasteiger partial charge is 0.253 e. The molecular formula is C19H30N4O3. The van der Waals surface area contributed by atoms with Crippen molar-refractivity contribution in [2.45, 2.75) is 26.8 Å². The number of carbonyl (C=O) groups excluding carboxylic acids is 2. The van der Waals surface area contributed by atoms with Gasteiger partial charge in [0.1, 0.15) is 12.6 Å². The van der Waals surface area contributed by atoms with Crippen molar-refractivity contribution in [3.05, 3.63) is 24.3 Å². The molecule has 1 aromatic rings. The standard InChI is InChI=1S/C19H30N4O3/c1-19(2,3)13-22(4)16(11-20)18(25)21-14-5-7-15(8-6-14)23-9-10-26-12-17(23)24/h5-8,16H,9-13,20H2,1-4H3,(H,21,25)/t16-/m1/s1. The zero-order valence-electron chi connectivity index (χ0n) is 16.1. The van der Waals surface area contributed by atoms with Crippen molar-refractivity contribution < 1.29 is 14.3 Å². The Morgan fingerprint density at radius 3 is 2.54 bits per heavy atom. The van der Waals surface area contributed by atoms with Gasteiger partial charge in [-0.2, -0.15) is 0 Å². The van der Waals surface area contributed by atoms with Crippen molar-refractivity contribution in [2.24, 2.45) is 11.1 Å². The minimum atomic E-state index is -0.394. The minimum Gasteiger partial charge on any atom is -0.370 e. The van der Waals surface area contributed by atoms with Gasteiger partial charge in [-0.25, -0.2) is 0 Å². The molecular weight excluding hydrogens is 332 g/mol. The first-order valence-electron chi connectivity index (χ1n) is 8.90. The summed E-state index contributed by atoms with van der Waals surface area (Å²) >= 11 is 0. The molecule has 0 saturated carbocycles. The van der Waals surface area contributed by atoms with E-state index >= 15 is 0 Å². The molecule has 144 valence electrons. The molecule has 1 heterocycles. The van der Waals surface area contributed by atoms with Crippen LogP contribution in [-0.2, 0) is 14.3 Å². The second kappa shape index (κ2) is 8.62. The van der Waals surface area contributed by atoms with Gasteiger partial charge >= 0.3 is 0 Å². The number of nitrogens with zero attached hydrogens (tertiary/aromatic N) is 2. The average molecular weight is 362 g/mol. The Morgan fingerprint density at radius 1 is 1.35 bits per heavy atom. The van der Waals surface area contributed by atoms with Crippen LogP contribution in [0.4, 0.5) is 11.4 Å². The SMILES string of the molecule is CN(CC(C)(C)C)[C@H](CN)C(=O)Nc1ccc(N2CCOCC2=O)cc1. The summed E-state index contributed by atoms with van der Waals surface area (Å²) in [6.45, 7) is 8.57. The number of nitrogens with two attached hydrogens (primary N) is 1. The molecule has 0 spiro atoms. The van der Waals surface area contributed by atoms with Crippen LogP contribution in [0.15, 0.2) is 24.3 Å². The molecule has 1 aliphatic heterocycles. The van der Waals surface area contributed by atoms with E-state index in [1.807, 2.05) is 24.1 Å². The van der Waals surface area contributed by atoms with Crippen molar-refractivity contribution >= 4 is 23.2 Å². The van der Waals surface area contributed by atoms with Crippen LogP contribution in [0.2, 0.25) is 0 Å². The molecule has 1 aliphatic rings. The van der Waals surface area contributed by atoms with Gasteiger partial charge in [0.05, 0.1) is 6.61 Å². The first kappa shape index (κ1) is 20.4. The Morgan fingerprint density at radius 2 is 2.00 bits per heavy atom. The van der Waals surface area contributed by atoms with Crippen molar-refractivity contribution in [1.29, 1.82) is 0 Å². The number of ether oxygens (including phenoxy) is 1. The van der Waals surface area contributed by atoms with E-state index < -0.39 is 6.04 Å². The number of carbonyl (C=O) groups is 2. The second-order valence-corrected chi connectivity index (χ2v) is 7.86. The summed E-state index contributed by atoms with van der Waals surface area (Å²) in [5, 5.41) is 2.91. The lowest BCUT2D eigenvalue weighted by Crippen LogP contribution is -2.49. The molecule has 0 radical (unpaired) electrons. The number of amides is 2. The summed E-state index contributed by atoms with van der Waals surface area (Å²) < 4.78 is 5.14. The molecule has 1 aromatic carbocycles. The number of benzene rings is 1.